The zero-order valence-electron chi connectivity index (χ0n) is 13.7. The van der Waals surface area contributed by atoms with Crippen LogP contribution in [-0.2, 0) is 4.79 Å². The van der Waals surface area contributed by atoms with Crippen LogP contribution in [0.2, 0.25) is 0 Å². The predicted octanol–water partition coefficient (Wildman–Crippen LogP) is 2.13. The van der Waals surface area contributed by atoms with Crippen molar-refractivity contribution in [1.82, 2.24) is 10.2 Å². The fourth-order valence-electron chi connectivity index (χ4n) is 2.83. The van der Waals surface area contributed by atoms with Crippen LogP contribution in [0.5, 0.6) is 0 Å². The summed E-state index contributed by atoms with van der Waals surface area (Å²) in [5.41, 5.74) is 5.52. The zero-order valence-corrected chi connectivity index (χ0v) is 13.7. The van der Waals surface area contributed by atoms with E-state index in [4.69, 9.17) is 5.73 Å². The van der Waals surface area contributed by atoms with Crippen molar-refractivity contribution in [3.63, 3.8) is 0 Å². The van der Waals surface area contributed by atoms with Crippen molar-refractivity contribution >= 4 is 5.91 Å². The molecule has 3 N–H and O–H groups in total. The number of primary amides is 1. The molecule has 0 aromatic carbocycles. The number of rotatable bonds is 11. The average Bonchev–Trinajstić information content (AvgIpc) is 3.18. The first-order chi connectivity index (χ1) is 9.47. The molecule has 1 saturated carbocycles. The van der Waals surface area contributed by atoms with E-state index in [2.05, 4.69) is 37.9 Å². The fraction of sp³-hybridized carbons (Fsp3) is 0.938. The van der Waals surface area contributed by atoms with Crippen molar-refractivity contribution < 1.29 is 4.79 Å². The standard InChI is InChI=1S/C16H33N3O/c1-5-14(6-2)19(11-12(3)4)10-9-15(16(17)20)18-13-7-8-13/h12-15,18H,5-11H2,1-4H3,(H2,17,20). The molecule has 0 radical (unpaired) electrons. The van der Waals surface area contributed by atoms with Gasteiger partial charge in [-0.2, -0.15) is 0 Å². The van der Waals surface area contributed by atoms with Gasteiger partial charge in [0.15, 0.2) is 0 Å². The second-order valence-corrected chi connectivity index (χ2v) is 6.54. The molecule has 0 bridgehead atoms. The van der Waals surface area contributed by atoms with E-state index >= 15 is 0 Å². The molecule has 0 spiro atoms. The van der Waals surface area contributed by atoms with Gasteiger partial charge in [0.2, 0.25) is 5.91 Å². The van der Waals surface area contributed by atoms with Crippen LogP contribution < -0.4 is 11.1 Å². The van der Waals surface area contributed by atoms with E-state index in [1.807, 2.05) is 0 Å². The molecule has 20 heavy (non-hydrogen) atoms. The Labute approximate surface area is 124 Å². The highest BCUT2D eigenvalue weighted by atomic mass is 16.1. The SMILES string of the molecule is CCC(CC)N(CCC(NC1CC1)C(N)=O)CC(C)C. The molecule has 0 saturated heterocycles. The van der Waals surface area contributed by atoms with Crippen molar-refractivity contribution in [3.8, 4) is 0 Å². The second kappa shape index (κ2) is 8.63. The third kappa shape index (κ3) is 6.23. The van der Waals surface area contributed by atoms with Crippen molar-refractivity contribution in [3.05, 3.63) is 0 Å². The Bertz CT molecular complexity index is 285. The number of hydrogen-bond donors (Lipinski definition) is 2. The summed E-state index contributed by atoms with van der Waals surface area (Å²) in [6.45, 7) is 11.1. The molecule has 4 heteroatoms. The van der Waals surface area contributed by atoms with E-state index in [0.29, 0.717) is 18.0 Å². The maximum Gasteiger partial charge on any atom is 0.234 e. The molecule has 1 aliphatic carbocycles. The molecule has 1 aliphatic rings. The Balaban J connectivity index is 2.50. The molecule has 0 aliphatic heterocycles. The normalized spacial score (nSPS) is 17.1. The fourth-order valence-corrected chi connectivity index (χ4v) is 2.83. The summed E-state index contributed by atoms with van der Waals surface area (Å²) in [4.78, 5) is 14.1. The van der Waals surface area contributed by atoms with Crippen LogP contribution in [0.15, 0.2) is 0 Å². The zero-order chi connectivity index (χ0) is 15.1. The van der Waals surface area contributed by atoms with Crippen LogP contribution in [0, 0.1) is 5.92 Å². The number of nitrogens with two attached hydrogens (primary N) is 1. The lowest BCUT2D eigenvalue weighted by atomic mass is 10.1. The number of hydrogen-bond acceptors (Lipinski definition) is 3. The first-order valence-corrected chi connectivity index (χ1v) is 8.27. The monoisotopic (exact) mass is 283 g/mol. The van der Waals surface area contributed by atoms with E-state index in [9.17, 15) is 4.79 Å². The first kappa shape index (κ1) is 17.4. The van der Waals surface area contributed by atoms with Crippen LogP contribution >= 0.6 is 0 Å². The van der Waals surface area contributed by atoms with Gasteiger partial charge in [-0.3, -0.25) is 4.79 Å². The van der Waals surface area contributed by atoms with Crippen molar-refractivity contribution in [2.24, 2.45) is 11.7 Å². The van der Waals surface area contributed by atoms with E-state index < -0.39 is 0 Å². The molecule has 1 amide bonds. The number of carbonyl (C=O) groups is 1. The van der Waals surface area contributed by atoms with Gasteiger partial charge >= 0.3 is 0 Å². The molecular weight excluding hydrogens is 250 g/mol. The Morgan fingerprint density at radius 2 is 1.90 bits per heavy atom. The van der Waals surface area contributed by atoms with Crippen LogP contribution in [0.4, 0.5) is 0 Å². The van der Waals surface area contributed by atoms with Gasteiger partial charge in [0, 0.05) is 25.2 Å². The van der Waals surface area contributed by atoms with Gasteiger partial charge in [-0.1, -0.05) is 27.7 Å². The summed E-state index contributed by atoms with van der Waals surface area (Å²) in [6.07, 6.45) is 5.54. The molecule has 0 aromatic heterocycles. The quantitative estimate of drug-likeness (QED) is 0.611. The molecule has 1 unspecified atom stereocenters. The average molecular weight is 283 g/mol. The third-order valence-corrected chi connectivity index (χ3v) is 4.12. The summed E-state index contributed by atoms with van der Waals surface area (Å²) in [5.74, 6) is 0.449. The lowest BCUT2D eigenvalue weighted by Crippen LogP contribution is -2.46. The van der Waals surface area contributed by atoms with Crippen molar-refractivity contribution in [2.75, 3.05) is 13.1 Å². The second-order valence-electron chi connectivity index (χ2n) is 6.54. The Morgan fingerprint density at radius 3 is 2.30 bits per heavy atom. The Morgan fingerprint density at radius 1 is 1.30 bits per heavy atom. The Kier molecular flexibility index (Phi) is 7.52. The van der Waals surface area contributed by atoms with Gasteiger partial charge in [-0.05, 0) is 38.0 Å². The molecule has 1 fully saturated rings. The molecule has 4 nitrogen and oxygen atoms in total. The lowest BCUT2D eigenvalue weighted by Gasteiger charge is -2.33. The van der Waals surface area contributed by atoms with Gasteiger partial charge in [-0.25, -0.2) is 0 Å². The number of nitrogens with zero attached hydrogens (tertiary/aromatic N) is 1. The molecule has 0 heterocycles. The molecular formula is C16H33N3O. The molecule has 1 rings (SSSR count). The first-order valence-electron chi connectivity index (χ1n) is 8.27. The number of amides is 1. The lowest BCUT2D eigenvalue weighted by molar-refractivity contribution is -0.120. The number of nitrogens with one attached hydrogen (secondary N) is 1. The molecule has 1 atom stereocenters. The van der Waals surface area contributed by atoms with Gasteiger partial charge in [0.25, 0.3) is 0 Å². The number of carbonyl (C=O) groups excluding carboxylic acids is 1. The topological polar surface area (TPSA) is 58.4 Å². The summed E-state index contributed by atoms with van der Waals surface area (Å²) in [7, 11) is 0. The largest absolute Gasteiger partial charge is 0.368 e. The summed E-state index contributed by atoms with van der Waals surface area (Å²) < 4.78 is 0. The maximum absolute atomic E-state index is 11.5. The van der Waals surface area contributed by atoms with Crippen LogP contribution in [0.3, 0.4) is 0 Å². The summed E-state index contributed by atoms with van der Waals surface area (Å²) in [6, 6.07) is 0.984. The molecule has 118 valence electrons. The van der Waals surface area contributed by atoms with E-state index in [1.54, 1.807) is 0 Å². The van der Waals surface area contributed by atoms with E-state index in [-0.39, 0.29) is 11.9 Å². The highest BCUT2D eigenvalue weighted by Gasteiger charge is 2.28. The summed E-state index contributed by atoms with van der Waals surface area (Å²) in [5, 5.41) is 3.37. The minimum absolute atomic E-state index is 0.161. The maximum atomic E-state index is 11.5. The molecule has 0 aromatic rings. The minimum Gasteiger partial charge on any atom is -0.368 e. The van der Waals surface area contributed by atoms with Gasteiger partial charge < -0.3 is 16.0 Å². The predicted molar refractivity (Wildman–Crippen MR) is 84.5 cm³/mol. The van der Waals surface area contributed by atoms with Gasteiger partial charge in [-0.15, -0.1) is 0 Å². The highest BCUT2D eigenvalue weighted by Crippen LogP contribution is 2.20. The van der Waals surface area contributed by atoms with Gasteiger partial charge in [0.1, 0.15) is 0 Å². The summed E-state index contributed by atoms with van der Waals surface area (Å²) >= 11 is 0. The van der Waals surface area contributed by atoms with Crippen molar-refractivity contribution in [1.29, 1.82) is 0 Å². The Hall–Kier alpha value is -0.610. The highest BCUT2D eigenvalue weighted by molar-refractivity contribution is 5.79. The smallest absolute Gasteiger partial charge is 0.234 e. The van der Waals surface area contributed by atoms with Crippen LogP contribution in [-0.4, -0.2) is 42.0 Å². The van der Waals surface area contributed by atoms with Crippen LogP contribution in [0.25, 0.3) is 0 Å². The minimum atomic E-state index is -0.203. The van der Waals surface area contributed by atoms with Crippen LogP contribution in [0.1, 0.15) is 59.8 Å². The van der Waals surface area contributed by atoms with E-state index in [0.717, 1.165) is 19.5 Å². The van der Waals surface area contributed by atoms with Crippen molar-refractivity contribution in [2.45, 2.75) is 77.9 Å². The van der Waals surface area contributed by atoms with Gasteiger partial charge in [0.05, 0.1) is 6.04 Å². The van der Waals surface area contributed by atoms with E-state index in [1.165, 1.54) is 25.7 Å². The third-order valence-electron chi connectivity index (χ3n) is 4.12.